The highest BCUT2D eigenvalue weighted by Gasteiger charge is 2.16. The van der Waals surface area contributed by atoms with E-state index in [-0.39, 0.29) is 12.5 Å². The molecular formula is C8H12N4O2. The van der Waals surface area contributed by atoms with Crippen LogP contribution in [0.5, 0.6) is 0 Å². The molecule has 1 fully saturated rings. The highest BCUT2D eigenvalue weighted by atomic mass is 16.5. The van der Waals surface area contributed by atoms with Crippen LogP contribution in [0.1, 0.15) is 0 Å². The molecule has 0 spiro atoms. The van der Waals surface area contributed by atoms with E-state index < -0.39 is 0 Å². The highest BCUT2D eigenvalue weighted by molar-refractivity contribution is 5.75. The summed E-state index contributed by atoms with van der Waals surface area (Å²) >= 11 is 0. The fraction of sp³-hybridized carbons (Fsp3) is 0.625. The van der Waals surface area contributed by atoms with Gasteiger partial charge in [0.15, 0.2) is 0 Å². The maximum atomic E-state index is 11.6. The van der Waals surface area contributed by atoms with Crippen molar-refractivity contribution in [2.24, 2.45) is 0 Å². The number of hydrogen-bond donors (Lipinski definition) is 0. The largest absolute Gasteiger partial charge is 0.378 e. The fourth-order valence-electron chi connectivity index (χ4n) is 1.37. The van der Waals surface area contributed by atoms with Gasteiger partial charge in [-0.05, 0) is 0 Å². The minimum absolute atomic E-state index is 0.0683. The maximum Gasteiger partial charge on any atom is 0.244 e. The van der Waals surface area contributed by atoms with Crippen molar-refractivity contribution < 1.29 is 9.53 Å². The van der Waals surface area contributed by atoms with Crippen LogP contribution in [0.25, 0.3) is 0 Å². The van der Waals surface area contributed by atoms with E-state index in [9.17, 15) is 4.79 Å². The topological polar surface area (TPSA) is 60.2 Å². The summed E-state index contributed by atoms with van der Waals surface area (Å²) < 4.78 is 6.68. The number of rotatable bonds is 2. The molecule has 2 heterocycles. The van der Waals surface area contributed by atoms with Crippen molar-refractivity contribution in [3.8, 4) is 0 Å². The fourth-order valence-corrected chi connectivity index (χ4v) is 1.37. The third kappa shape index (κ3) is 2.08. The number of morpholine rings is 1. The van der Waals surface area contributed by atoms with Crippen molar-refractivity contribution in [1.29, 1.82) is 0 Å². The molecule has 0 N–H and O–H groups in total. The van der Waals surface area contributed by atoms with Gasteiger partial charge in [0.25, 0.3) is 0 Å². The summed E-state index contributed by atoms with van der Waals surface area (Å²) in [6.45, 7) is 2.87. The van der Waals surface area contributed by atoms with Crippen LogP contribution in [0.3, 0.4) is 0 Å². The van der Waals surface area contributed by atoms with Gasteiger partial charge in [-0.1, -0.05) is 0 Å². The first-order chi connectivity index (χ1) is 6.86. The van der Waals surface area contributed by atoms with Gasteiger partial charge >= 0.3 is 0 Å². The number of amides is 1. The number of carbonyl (C=O) groups excluding carboxylic acids is 1. The van der Waals surface area contributed by atoms with E-state index in [1.165, 1.54) is 11.0 Å². The summed E-state index contributed by atoms with van der Waals surface area (Å²) in [6.07, 6.45) is 2.96. The standard InChI is InChI=1S/C8H12N4O2/c13-8(5-12-7-9-6-10-12)11-1-3-14-4-2-11/h6-7H,1-5H2. The zero-order valence-corrected chi connectivity index (χ0v) is 7.80. The second-order valence-electron chi connectivity index (χ2n) is 3.09. The number of nitrogens with zero attached hydrogens (tertiary/aromatic N) is 4. The van der Waals surface area contributed by atoms with E-state index in [0.29, 0.717) is 26.3 Å². The van der Waals surface area contributed by atoms with Crippen LogP contribution in [0.4, 0.5) is 0 Å². The zero-order valence-electron chi connectivity index (χ0n) is 7.80. The van der Waals surface area contributed by atoms with E-state index in [2.05, 4.69) is 10.1 Å². The molecule has 0 unspecified atom stereocenters. The van der Waals surface area contributed by atoms with Crippen LogP contribution in [0.2, 0.25) is 0 Å². The molecule has 1 amide bonds. The lowest BCUT2D eigenvalue weighted by Gasteiger charge is -2.26. The SMILES string of the molecule is O=C(Cn1cncn1)N1CCOCC1. The normalized spacial score (nSPS) is 17.0. The van der Waals surface area contributed by atoms with Crippen molar-refractivity contribution in [1.82, 2.24) is 19.7 Å². The molecule has 14 heavy (non-hydrogen) atoms. The minimum Gasteiger partial charge on any atom is -0.378 e. The van der Waals surface area contributed by atoms with Gasteiger partial charge in [-0.25, -0.2) is 9.67 Å². The summed E-state index contributed by atoms with van der Waals surface area (Å²) in [4.78, 5) is 17.2. The van der Waals surface area contributed by atoms with Crippen LogP contribution >= 0.6 is 0 Å². The molecule has 0 radical (unpaired) electrons. The molecule has 0 aliphatic carbocycles. The Morgan fingerprint density at radius 3 is 2.86 bits per heavy atom. The van der Waals surface area contributed by atoms with E-state index in [0.717, 1.165) is 0 Å². The lowest BCUT2D eigenvalue weighted by Crippen LogP contribution is -2.42. The molecule has 2 rings (SSSR count). The van der Waals surface area contributed by atoms with Gasteiger partial charge in [-0.3, -0.25) is 4.79 Å². The lowest BCUT2D eigenvalue weighted by molar-refractivity contribution is -0.136. The summed E-state index contributed by atoms with van der Waals surface area (Å²) in [6, 6.07) is 0. The van der Waals surface area contributed by atoms with Gasteiger partial charge in [-0.2, -0.15) is 5.10 Å². The van der Waals surface area contributed by atoms with Crippen molar-refractivity contribution in [3.63, 3.8) is 0 Å². The molecular weight excluding hydrogens is 184 g/mol. The molecule has 1 aromatic rings. The molecule has 0 aromatic carbocycles. The van der Waals surface area contributed by atoms with Gasteiger partial charge < -0.3 is 9.64 Å². The third-order valence-electron chi connectivity index (χ3n) is 2.13. The lowest BCUT2D eigenvalue weighted by atomic mass is 10.4. The molecule has 0 saturated carbocycles. The number of carbonyl (C=O) groups is 1. The van der Waals surface area contributed by atoms with Crippen molar-refractivity contribution in [2.45, 2.75) is 6.54 Å². The van der Waals surface area contributed by atoms with Crippen LogP contribution in [-0.4, -0.2) is 51.9 Å². The Kier molecular flexibility index (Phi) is 2.73. The first kappa shape index (κ1) is 9.14. The Morgan fingerprint density at radius 2 is 2.21 bits per heavy atom. The molecule has 1 saturated heterocycles. The quantitative estimate of drug-likeness (QED) is 0.617. The van der Waals surface area contributed by atoms with E-state index in [4.69, 9.17) is 4.74 Å². The van der Waals surface area contributed by atoms with Crippen molar-refractivity contribution in [3.05, 3.63) is 12.7 Å². The average Bonchev–Trinajstić information content (AvgIpc) is 2.72. The first-order valence-corrected chi connectivity index (χ1v) is 4.54. The Hall–Kier alpha value is -1.43. The molecule has 1 aliphatic rings. The van der Waals surface area contributed by atoms with E-state index >= 15 is 0 Å². The average molecular weight is 196 g/mol. The van der Waals surface area contributed by atoms with Gasteiger partial charge in [0.2, 0.25) is 5.91 Å². The van der Waals surface area contributed by atoms with Crippen molar-refractivity contribution in [2.75, 3.05) is 26.3 Å². The highest BCUT2D eigenvalue weighted by Crippen LogP contribution is 1.98. The third-order valence-corrected chi connectivity index (χ3v) is 2.13. The number of hydrogen-bond acceptors (Lipinski definition) is 4. The van der Waals surface area contributed by atoms with Crippen LogP contribution < -0.4 is 0 Å². The van der Waals surface area contributed by atoms with E-state index in [1.54, 1.807) is 11.2 Å². The van der Waals surface area contributed by atoms with Gasteiger partial charge in [0, 0.05) is 13.1 Å². The molecule has 1 aromatic heterocycles. The summed E-state index contributed by atoms with van der Waals surface area (Å²) in [5.41, 5.74) is 0. The Bertz CT molecular complexity index is 292. The predicted molar refractivity (Wildman–Crippen MR) is 47.4 cm³/mol. The summed E-state index contributed by atoms with van der Waals surface area (Å²) in [5.74, 6) is 0.0683. The predicted octanol–water partition coefficient (Wildman–Crippen LogP) is -0.863. The maximum absolute atomic E-state index is 11.6. The first-order valence-electron chi connectivity index (χ1n) is 4.54. The number of aromatic nitrogens is 3. The smallest absolute Gasteiger partial charge is 0.244 e. The van der Waals surface area contributed by atoms with Gasteiger partial charge in [0.1, 0.15) is 19.2 Å². The van der Waals surface area contributed by atoms with Gasteiger partial charge in [0.05, 0.1) is 13.2 Å². The van der Waals surface area contributed by atoms with Crippen LogP contribution in [-0.2, 0) is 16.1 Å². The molecule has 1 aliphatic heterocycles. The molecule has 0 atom stereocenters. The monoisotopic (exact) mass is 196 g/mol. The Labute approximate surface area is 81.5 Å². The second kappa shape index (κ2) is 4.19. The molecule has 6 heteroatoms. The number of ether oxygens (including phenoxy) is 1. The minimum atomic E-state index is 0.0683. The van der Waals surface area contributed by atoms with Crippen molar-refractivity contribution >= 4 is 5.91 Å². The molecule has 76 valence electrons. The Morgan fingerprint density at radius 1 is 1.43 bits per heavy atom. The van der Waals surface area contributed by atoms with Crippen LogP contribution in [0, 0.1) is 0 Å². The molecule has 0 bridgehead atoms. The van der Waals surface area contributed by atoms with E-state index in [1.807, 2.05) is 0 Å². The van der Waals surface area contributed by atoms with Crippen LogP contribution in [0.15, 0.2) is 12.7 Å². The Balaban J connectivity index is 1.88. The second-order valence-corrected chi connectivity index (χ2v) is 3.09. The summed E-state index contributed by atoms with van der Waals surface area (Å²) in [5, 5.41) is 3.88. The molecule has 6 nitrogen and oxygen atoms in total. The van der Waals surface area contributed by atoms with Gasteiger partial charge in [-0.15, -0.1) is 0 Å². The summed E-state index contributed by atoms with van der Waals surface area (Å²) in [7, 11) is 0. The zero-order chi connectivity index (χ0) is 9.80.